The summed E-state index contributed by atoms with van der Waals surface area (Å²) in [6.45, 7) is 0.637. The molecule has 2 unspecified atom stereocenters. The molecule has 0 radical (unpaired) electrons. The molecule has 3 fully saturated rings. The molecule has 3 heterocycles. The highest BCUT2D eigenvalue weighted by molar-refractivity contribution is 9.10. The molecular formula is C24H26BrN7O4. The molecule has 2 aliphatic carbocycles. The summed E-state index contributed by atoms with van der Waals surface area (Å²) >= 11 is 3.77. The number of halogens is 1. The second-order valence-corrected chi connectivity index (χ2v) is 11.8. The molecule has 6 rings (SSSR count). The van der Waals surface area contributed by atoms with Crippen molar-refractivity contribution < 1.29 is 19.2 Å². The summed E-state index contributed by atoms with van der Waals surface area (Å²) in [5, 5.41) is 18.4. The molecule has 188 valence electrons. The number of alkyl halides is 1. The highest BCUT2D eigenvalue weighted by Crippen LogP contribution is 2.45. The van der Waals surface area contributed by atoms with Crippen LogP contribution < -0.4 is 10.6 Å². The molecule has 0 spiro atoms. The lowest BCUT2D eigenvalue weighted by Gasteiger charge is -2.28. The summed E-state index contributed by atoms with van der Waals surface area (Å²) in [6.07, 6.45) is 6.45. The Kier molecular flexibility index (Phi) is 5.75. The second kappa shape index (κ2) is 8.84. The normalized spacial score (nSPS) is 24.2. The van der Waals surface area contributed by atoms with Crippen molar-refractivity contribution in [3.63, 3.8) is 0 Å². The van der Waals surface area contributed by atoms with Crippen LogP contribution in [0.2, 0.25) is 0 Å². The molecule has 1 saturated heterocycles. The third-order valence-corrected chi connectivity index (χ3v) is 8.75. The maximum atomic E-state index is 13.7. The van der Waals surface area contributed by atoms with Gasteiger partial charge >= 0.3 is 0 Å². The Hall–Kier alpha value is -2.99. The van der Waals surface area contributed by atoms with Crippen molar-refractivity contribution in [2.75, 3.05) is 6.54 Å². The van der Waals surface area contributed by atoms with E-state index in [0.29, 0.717) is 17.9 Å². The van der Waals surface area contributed by atoms with E-state index in [2.05, 4.69) is 42.1 Å². The van der Waals surface area contributed by atoms with Gasteiger partial charge in [-0.25, -0.2) is 4.68 Å². The van der Waals surface area contributed by atoms with E-state index in [0.717, 1.165) is 43.4 Å². The van der Waals surface area contributed by atoms with E-state index in [9.17, 15) is 19.2 Å². The van der Waals surface area contributed by atoms with Crippen LogP contribution in [0, 0.1) is 0 Å². The maximum absolute atomic E-state index is 13.7. The van der Waals surface area contributed by atoms with Crippen LogP contribution in [-0.2, 0) is 9.59 Å². The van der Waals surface area contributed by atoms with Gasteiger partial charge in [0.05, 0.1) is 23.2 Å². The molecule has 2 aliphatic heterocycles. The Balaban J connectivity index is 1.40. The van der Waals surface area contributed by atoms with Crippen molar-refractivity contribution in [1.82, 2.24) is 35.7 Å². The minimum absolute atomic E-state index is 0.00652. The number of carbonyl (C=O) groups is 4. The minimum Gasteiger partial charge on any atom is -0.302 e. The third kappa shape index (κ3) is 3.96. The molecule has 2 saturated carbocycles. The van der Waals surface area contributed by atoms with Crippen LogP contribution in [-0.4, -0.2) is 65.6 Å². The van der Waals surface area contributed by atoms with Gasteiger partial charge in [-0.05, 0) is 54.2 Å². The van der Waals surface area contributed by atoms with Gasteiger partial charge in [0.25, 0.3) is 11.8 Å². The average Bonchev–Trinajstić information content (AvgIpc) is 3.24. The van der Waals surface area contributed by atoms with E-state index < -0.39 is 35.7 Å². The van der Waals surface area contributed by atoms with Crippen LogP contribution in [0.1, 0.15) is 95.6 Å². The number of aromatic nitrogens is 4. The van der Waals surface area contributed by atoms with Gasteiger partial charge in [0.1, 0.15) is 6.04 Å². The van der Waals surface area contributed by atoms with Gasteiger partial charge in [-0.2, -0.15) is 0 Å². The molecule has 0 bridgehead atoms. The number of nitrogens with one attached hydrogen (secondary N) is 2. The number of tetrazole rings is 1. The number of imide groups is 2. The number of hydrogen-bond acceptors (Lipinski definition) is 8. The molecule has 12 heteroatoms. The van der Waals surface area contributed by atoms with Crippen LogP contribution in [0.5, 0.6) is 0 Å². The van der Waals surface area contributed by atoms with Crippen LogP contribution >= 0.6 is 15.9 Å². The molecule has 1 aromatic heterocycles. The van der Waals surface area contributed by atoms with Crippen LogP contribution in [0.4, 0.5) is 0 Å². The number of fused-ring (bicyclic) bond motifs is 1. The smallest absolute Gasteiger partial charge is 0.262 e. The van der Waals surface area contributed by atoms with Crippen molar-refractivity contribution in [2.24, 2.45) is 0 Å². The second-order valence-electron chi connectivity index (χ2n) is 10.1. The predicted molar refractivity (Wildman–Crippen MR) is 129 cm³/mol. The number of benzene rings is 1. The average molecular weight is 556 g/mol. The first kappa shape index (κ1) is 23.4. The van der Waals surface area contributed by atoms with Gasteiger partial charge < -0.3 is 5.32 Å². The first-order chi connectivity index (χ1) is 17.4. The monoisotopic (exact) mass is 555 g/mol. The summed E-state index contributed by atoms with van der Waals surface area (Å²) < 4.78 is 1.85. The minimum atomic E-state index is -1.02. The number of amides is 4. The van der Waals surface area contributed by atoms with Crippen molar-refractivity contribution in [3.05, 3.63) is 40.7 Å². The summed E-state index contributed by atoms with van der Waals surface area (Å²) in [5.74, 6) is -1.49. The predicted octanol–water partition coefficient (Wildman–Crippen LogP) is 1.80. The fourth-order valence-electron chi connectivity index (χ4n) is 5.52. The number of rotatable bonds is 7. The molecule has 2 aromatic rings. The highest BCUT2D eigenvalue weighted by atomic mass is 79.9. The Morgan fingerprint density at radius 2 is 1.89 bits per heavy atom. The van der Waals surface area contributed by atoms with Crippen LogP contribution in [0.25, 0.3) is 0 Å². The summed E-state index contributed by atoms with van der Waals surface area (Å²) in [4.78, 5) is 52.3. The van der Waals surface area contributed by atoms with Gasteiger partial charge in [0.2, 0.25) is 11.8 Å². The lowest BCUT2D eigenvalue weighted by molar-refractivity contribution is -0.136. The van der Waals surface area contributed by atoms with Crippen molar-refractivity contribution in [1.29, 1.82) is 0 Å². The molecule has 1 aromatic carbocycles. The summed E-state index contributed by atoms with van der Waals surface area (Å²) in [6, 6.07) is 3.81. The number of hydrogen-bond donors (Lipinski definition) is 2. The fraction of sp³-hybridized carbons (Fsp3) is 0.542. The fourth-order valence-corrected chi connectivity index (χ4v) is 5.88. The quantitative estimate of drug-likeness (QED) is 0.389. The number of carbonyl (C=O) groups excluding carboxylic acids is 4. The highest BCUT2D eigenvalue weighted by Gasteiger charge is 2.47. The zero-order valence-electron chi connectivity index (χ0n) is 19.6. The van der Waals surface area contributed by atoms with E-state index in [-0.39, 0.29) is 34.3 Å². The van der Waals surface area contributed by atoms with Crippen molar-refractivity contribution >= 4 is 39.6 Å². The van der Waals surface area contributed by atoms with E-state index in [1.54, 1.807) is 12.1 Å². The number of piperidine rings is 1. The topological polar surface area (TPSA) is 139 Å². The number of nitrogens with zero attached hydrogens (tertiary/aromatic N) is 5. The molecule has 4 amide bonds. The Morgan fingerprint density at radius 3 is 2.61 bits per heavy atom. The molecule has 11 nitrogen and oxygen atoms in total. The summed E-state index contributed by atoms with van der Waals surface area (Å²) in [5.41, 5.74) is 1.10. The summed E-state index contributed by atoms with van der Waals surface area (Å²) in [7, 11) is 0. The lowest BCUT2D eigenvalue weighted by Crippen LogP contribution is -2.54. The lowest BCUT2D eigenvalue weighted by atomic mass is 9.95. The maximum Gasteiger partial charge on any atom is 0.262 e. The van der Waals surface area contributed by atoms with E-state index in [1.807, 2.05) is 10.7 Å². The Bertz CT molecular complexity index is 1270. The largest absolute Gasteiger partial charge is 0.302 e. The van der Waals surface area contributed by atoms with Crippen LogP contribution in [0.3, 0.4) is 0 Å². The first-order valence-corrected chi connectivity index (χ1v) is 13.2. The van der Waals surface area contributed by atoms with Crippen molar-refractivity contribution in [3.8, 4) is 0 Å². The zero-order chi connectivity index (χ0) is 25.0. The van der Waals surface area contributed by atoms with Gasteiger partial charge in [-0.15, -0.1) is 5.10 Å². The van der Waals surface area contributed by atoms with Crippen LogP contribution in [0.15, 0.2) is 18.2 Å². The zero-order valence-corrected chi connectivity index (χ0v) is 21.2. The Labute approximate surface area is 215 Å². The Morgan fingerprint density at radius 1 is 1.11 bits per heavy atom. The van der Waals surface area contributed by atoms with E-state index >= 15 is 0 Å². The molecule has 36 heavy (non-hydrogen) atoms. The molecule has 4 aliphatic rings. The standard InChI is InChI=1S/C24H26BrN7O4/c25-24(10-11-24)12-26-19(20-28-29-30-32(20)13-4-1-2-5-13)14-6-3-7-15-18(14)23(36)31(22(15)35)16-8-9-17(33)27-21(16)34/h3,6-7,13,16,19,26H,1-2,4-5,8-12H2,(H,27,33,34). The molecule has 2 atom stereocenters. The SMILES string of the molecule is O=C1CCC(N2C(=O)c3cccc(C(NCC4(Br)CC4)c4nnnn4C4CCCC4)c3C2=O)C(=O)N1. The van der Waals surface area contributed by atoms with Gasteiger partial charge in [0.15, 0.2) is 5.82 Å². The molecular weight excluding hydrogens is 530 g/mol. The van der Waals surface area contributed by atoms with Gasteiger partial charge in [-0.1, -0.05) is 40.9 Å². The van der Waals surface area contributed by atoms with E-state index in [4.69, 9.17) is 0 Å². The first-order valence-electron chi connectivity index (χ1n) is 12.4. The van der Waals surface area contributed by atoms with E-state index in [1.165, 1.54) is 0 Å². The van der Waals surface area contributed by atoms with Crippen molar-refractivity contribution in [2.45, 2.75) is 73.8 Å². The van der Waals surface area contributed by atoms with Gasteiger partial charge in [-0.3, -0.25) is 29.4 Å². The molecule has 2 N–H and O–H groups in total. The third-order valence-electron chi connectivity index (χ3n) is 7.67. The van der Waals surface area contributed by atoms with Gasteiger partial charge in [0, 0.05) is 17.3 Å².